The van der Waals surface area contributed by atoms with Gasteiger partial charge in [-0.3, -0.25) is 9.10 Å². The van der Waals surface area contributed by atoms with Crippen molar-refractivity contribution in [3.8, 4) is 5.75 Å². The first-order valence-electron chi connectivity index (χ1n) is 11.7. The molecule has 3 rings (SSSR count). The lowest BCUT2D eigenvalue weighted by Crippen LogP contribution is -2.30. The van der Waals surface area contributed by atoms with Crippen LogP contribution in [0.1, 0.15) is 47.8 Å². The van der Waals surface area contributed by atoms with E-state index in [1.165, 1.54) is 16.1 Å². The van der Waals surface area contributed by atoms with Gasteiger partial charge in [0.05, 0.1) is 25.0 Å². The Hall–Kier alpha value is -3.03. The molecule has 0 heterocycles. The van der Waals surface area contributed by atoms with Crippen LogP contribution in [0.2, 0.25) is 5.02 Å². The van der Waals surface area contributed by atoms with Gasteiger partial charge < -0.3 is 10.1 Å². The van der Waals surface area contributed by atoms with Crippen LogP contribution >= 0.6 is 11.6 Å². The molecule has 0 spiro atoms. The average molecular weight is 529 g/mol. The van der Waals surface area contributed by atoms with Gasteiger partial charge in [0, 0.05) is 10.6 Å². The Morgan fingerprint density at radius 2 is 1.64 bits per heavy atom. The summed E-state index contributed by atoms with van der Waals surface area (Å²) < 4.78 is 32.0. The summed E-state index contributed by atoms with van der Waals surface area (Å²) in [6, 6.07) is 20.0. The van der Waals surface area contributed by atoms with Gasteiger partial charge in [-0.05, 0) is 71.5 Å². The zero-order chi connectivity index (χ0) is 26.5. The number of nitrogens with one attached hydrogen (secondary N) is 1. The van der Waals surface area contributed by atoms with Gasteiger partial charge in [-0.2, -0.15) is 0 Å². The summed E-state index contributed by atoms with van der Waals surface area (Å²) in [4.78, 5) is 12.5. The maximum atomic E-state index is 12.5. The van der Waals surface area contributed by atoms with Crippen LogP contribution in [0.4, 0.5) is 5.69 Å². The smallest absolute Gasteiger partial charge is 0.251 e. The molecule has 0 fully saturated rings. The van der Waals surface area contributed by atoms with Crippen LogP contribution in [0.3, 0.4) is 0 Å². The normalized spacial score (nSPS) is 11.7. The summed E-state index contributed by atoms with van der Waals surface area (Å²) in [5, 5.41) is 3.39. The van der Waals surface area contributed by atoms with E-state index in [1.54, 1.807) is 42.5 Å². The van der Waals surface area contributed by atoms with E-state index in [-0.39, 0.29) is 17.9 Å². The van der Waals surface area contributed by atoms with Crippen LogP contribution < -0.4 is 14.4 Å². The fourth-order valence-corrected chi connectivity index (χ4v) is 4.87. The van der Waals surface area contributed by atoms with Crippen molar-refractivity contribution in [1.29, 1.82) is 0 Å². The Kier molecular flexibility index (Phi) is 8.69. The molecule has 8 heteroatoms. The molecule has 0 saturated heterocycles. The van der Waals surface area contributed by atoms with Crippen molar-refractivity contribution in [3.63, 3.8) is 0 Å². The van der Waals surface area contributed by atoms with Gasteiger partial charge >= 0.3 is 0 Å². The highest BCUT2D eigenvalue weighted by molar-refractivity contribution is 7.92. The van der Waals surface area contributed by atoms with E-state index in [4.69, 9.17) is 16.3 Å². The standard InChI is InChI=1S/C28H33ClN2O4S/c1-20-18-24(29)12-15-26(20)31(36(5,33)34)19-21-6-8-22(9-7-21)27(32)30-16-17-35-25-13-10-23(11-14-25)28(2,3)4/h6-15,18H,16-17,19H2,1-5H3,(H,30,32). The fourth-order valence-electron chi connectivity index (χ4n) is 3.69. The Bertz CT molecular complexity index is 1300. The van der Waals surface area contributed by atoms with E-state index in [1.807, 2.05) is 19.1 Å². The molecule has 0 aromatic heterocycles. The minimum atomic E-state index is -3.53. The van der Waals surface area contributed by atoms with Crippen molar-refractivity contribution in [2.24, 2.45) is 0 Å². The highest BCUT2D eigenvalue weighted by Crippen LogP contribution is 2.27. The molecule has 0 radical (unpaired) electrons. The molecule has 3 aromatic rings. The maximum Gasteiger partial charge on any atom is 0.251 e. The highest BCUT2D eigenvalue weighted by atomic mass is 35.5. The largest absolute Gasteiger partial charge is 0.492 e. The molecule has 0 aliphatic carbocycles. The summed E-state index contributed by atoms with van der Waals surface area (Å²) in [7, 11) is -3.53. The molecule has 0 aliphatic heterocycles. The fraction of sp³-hybridized carbons (Fsp3) is 0.321. The van der Waals surface area contributed by atoms with Gasteiger partial charge in [-0.25, -0.2) is 8.42 Å². The lowest BCUT2D eigenvalue weighted by atomic mass is 9.87. The zero-order valence-electron chi connectivity index (χ0n) is 21.3. The van der Waals surface area contributed by atoms with Gasteiger partial charge in [0.2, 0.25) is 10.0 Å². The number of halogens is 1. The van der Waals surface area contributed by atoms with Gasteiger partial charge in [-0.15, -0.1) is 0 Å². The number of amides is 1. The van der Waals surface area contributed by atoms with E-state index in [0.29, 0.717) is 29.4 Å². The molecule has 192 valence electrons. The van der Waals surface area contributed by atoms with Crippen molar-refractivity contribution < 1.29 is 17.9 Å². The Labute approximate surface area is 219 Å². The zero-order valence-corrected chi connectivity index (χ0v) is 22.9. The average Bonchev–Trinajstić information content (AvgIpc) is 2.80. The number of benzene rings is 3. The van der Waals surface area contributed by atoms with Crippen LogP contribution in [-0.2, 0) is 22.0 Å². The van der Waals surface area contributed by atoms with Crippen LogP contribution in [0.5, 0.6) is 5.75 Å². The second-order valence-corrected chi connectivity index (χ2v) is 12.1. The summed E-state index contributed by atoms with van der Waals surface area (Å²) >= 11 is 6.03. The number of aryl methyl sites for hydroxylation is 1. The molecule has 6 nitrogen and oxygen atoms in total. The molecule has 0 unspecified atom stereocenters. The molecule has 0 bridgehead atoms. The van der Waals surface area contributed by atoms with Gasteiger partial charge in [0.25, 0.3) is 5.91 Å². The number of nitrogens with zero attached hydrogens (tertiary/aromatic N) is 1. The molecule has 1 N–H and O–H groups in total. The summed E-state index contributed by atoms with van der Waals surface area (Å²) in [5.74, 6) is 0.537. The number of carbonyl (C=O) groups is 1. The van der Waals surface area contributed by atoms with Crippen molar-refractivity contribution >= 4 is 33.2 Å². The first-order chi connectivity index (χ1) is 16.8. The monoisotopic (exact) mass is 528 g/mol. The van der Waals surface area contributed by atoms with Gasteiger partial charge in [0.1, 0.15) is 12.4 Å². The van der Waals surface area contributed by atoms with Crippen molar-refractivity contribution in [3.05, 3.63) is 94.0 Å². The molecule has 0 atom stereocenters. The van der Waals surface area contributed by atoms with Crippen LogP contribution in [0, 0.1) is 6.92 Å². The SMILES string of the molecule is Cc1cc(Cl)ccc1N(Cc1ccc(C(=O)NCCOc2ccc(C(C)(C)C)cc2)cc1)S(C)(=O)=O. The lowest BCUT2D eigenvalue weighted by Gasteiger charge is -2.24. The number of rotatable bonds is 9. The molecule has 1 amide bonds. The van der Waals surface area contributed by atoms with E-state index >= 15 is 0 Å². The van der Waals surface area contributed by atoms with Gasteiger partial charge in [0.15, 0.2) is 0 Å². The summed E-state index contributed by atoms with van der Waals surface area (Å²) in [6.07, 6.45) is 1.17. The van der Waals surface area contributed by atoms with Crippen LogP contribution in [0.15, 0.2) is 66.7 Å². The minimum Gasteiger partial charge on any atom is -0.492 e. The predicted molar refractivity (Wildman–Crippen MR) is 147 cm³/mol. The van der Waals surface area contributed by atoms with Crippen molar-refractivity contribution in [2.45, 2.75) is 39.7 Å². The summed E-state index contributed by atoms with van der Waals surface area (Å²) in [6.45, 7) is 9.15. The third-order valence-electron chi connectivity index (χ3n) is 5.75. The van der Waals surface area contributed by atoms with Crippen molar-refractivity contribution in [1.82, 2.24) is 5.32 Å². The second-order valence-electron chi connectivity index (χ2n) is 9.78. The molecule has 0 saturated carbocycles. The highest BCUT2D eigenvalue weighted by Gasteiger charge is 2.20. The minimum absolute atomic E-state index is 0.0833. The number of sulfonamides is 1. The summed E-state index contributed by atoms with van der Waals surface area (Å²) in [5.41, 5.74) is 3.89. The van der Waals surface area contributed by atoms with Crippen LogP contribution in [-0.4, -0.2) is 33.7 Å². The number of carbonyl (C=O) groups excluding carboxylic acids is 1. The van der Waals surface area contributed by atoms with Gasteiger partial charge in [-0.1, -0.05) is 56.6 Å². The van der Waals surface area contributed by atoms with Crippen LogP contribution in [0.25, 0.3) is 0 Å². The number of hydrogen-bond donors (Lipinski definition) is 1. The van der Waals surface area contributed by atoms with Crippen molar-refractivity contribution in [2.75, 3.05) is 23.7 Å². The first kappa shape index (κ1) is 27.6. The van der Waals surface area contributed by atoms with E-state index in [2.05, 4.69) is 38.2 Å². The Morgan fingerprint density at radius 3 is 2.19 bits per heavy atom. The third kappa shape index (κ3) is 7.48. The third-order valence-corrected chi connectivity index (χ3v) is 7.11. The second kappa shape index (κ2) is 11.4. The van der Waals surface area contributed by atoms with E-state index in [0.717, 1.165) is 16.9 Å². The molecular formula is C28H33ClN2O4S. The Balaban J connectivity index is 1.56. The number of ether oxygens (including phenoxy) is 1. The predicted octanol–water partition coefficient (Wildman–Crippen LogP) is 5.72. The molecule has 3 aromatic carbocycles. The van der Waals surface area contributed by atoms with E-state index in [9.17, 15) is 13.2 Å². The quantitative estimate of drug-likeness (QED) is 0.360. The number of hydrogen-bond acceptors (Lipinski definition) is 4. The number of anilines is 1. The Morgan fingerprint density at radius 1 is 1.00 bits per heavy atom. The topological polar surface area (TPSA) is 75.7 Å². The molecule has 0 aliphatic rings. The lowest BCUT2D eigenvalue weighted by molar-refractivity contribution is 0.0947. The molecule has 36 heavy (non-hydrogen) atoms. The molecular weight excluding hydrogens is 496 g/mol. The van der Waals surface area contributed by atoms with E-state index < -0.39 is 10.0 Å². The maximum absolute atomic E-state index is 12.5. The first-order valence-corrected chi connectivity index (χ1v) is 13.9.